The monoisotopic (exact) mass is 350 g/mol. The maximum atomic E-state index is 12.1. The van der Waals surface area contributed by atoms with Gasteiger partial charge in [-0.1, -0.05) is 12.8 Å². The largest absolute Gasteiger partial charge is 0.504 e. The maximum absolute atomic E-state index is 12.1. The molecule has 1 fully saturated rings. The van der Waals surface area contributed by atoms with Gasteiger partial charge in [0.15, 0.2) is 11.5 Å². The van der Waals surface area contributed by atoms with Gasteiger partial charge in [0.1, 0.15) is 10.3 Å². The fraction of sp³-hybridized carbons (Fsp3) is 0.333. The van der Waals surface area contributed by atoms with E-state index in [2.05, 4.69) is 25.9 Å². The third kappa shape index (κ3) is 2.68. The molecule has 0 saturated heterocycles. The van der Waals surface area contributed by atoms with Gasteiger partial charge in [-0.25, -0.2) is 4.98 Å². The second-order valence-electron chi connectivity index (χ2n) is 5.30. The average Bonchev–Trinajstić information content (AvgIpc) is 2.98. The fourth-order valence-corrected chi connectivity index (χ4v) is 3.26. The van der Waals surface area contributed by atoms with Crippen LogP contribution in [-0.4, -0.2) is 20.2 Å². The molecule has 110 valence electrons. The number of halogens is 1. The minimum absolute atomic E-state index is 0.200. The molecule has 0 aliphatic heterocycles. The molecule has 1 aliphatic rings. The zero-order valence-corrected chi connectivity index (χ0v) is 12.9. The van der Waals surface area contributed by atoms with Crippen molar-refractivity contribution >= 4 is 15.9 Å². The molecule has 0 spiro atoms. The van der Waals surface area contributed by atoms with E-state index in [9.17, 15) is 15.0 Å². The summed E-state index contributed by atoms with van der Waals surface area (Å²) in [7, 11) is 0. The molecule has 0 unspecified atom stereocenters. The van der Waals surface area contributed by atoms with Crippen LogP contribution in [0.4, 0.5) is 0 Å². The molecule has 5 nitrogen and oxygen atoms in total. The molecular formula is C15H15BrN2O3. The van der Waals surface area contributed by atoms with E-state index < -0.39 is 0 Å². The predicted molar refractivity (Wildman–Crippen MR) is 82.5 cm³/mol. The Morgan fingerprint density at radius 1 is 1.19 bits per heavy atom. The first-order valence-electron chi connectivity index (χ1n) is 6.88. The van der Waals surface area contributed by atoms with Crippen LogP contribution in [0.15, 0.2) is 27.5 Å². The zero-order valence-electron chi connectivity index (χ0n) is 11.3. The number of aromatic hydroxyl groups is 2. The molecule has 0 atom stereocenters. The topological polar surface area (TPSA) is 86.2 Å². The number of aromatic nitrogens is 2. The molecule has 1 heterocycles. The smallest absolute Gasteiger partial charge is 0.265 e. The van der Waals surface area contributed by atoms with Gasteiger partial charge in [0.05, 0.1) is 5.69 Å². The summed E-state index contributed by atoms with van der Waals surface area (Å²) in [6.07, 6.45) is 4.38. The minimum atomic E-state index is -0.236. The highest BCUT2D eigenvalue weighted by Gasteiger charge is 2.23. The summed E-state index contributed by atoms with van der Waals surface area (Å²) in [5.74, 6) is 0.265. The van der Waals surface area contributed by atoms with Gasteiger partial charge in [0, 0.05) is 11.5 Å². The van der Waals surface area contributed by atoms with Crippen LogP contribution in [-0.2, 0) is 0 Å². The van der Waals surface area contributed by atoms with E-state index in [0.717, 1.165) is 31.4 Å². The summed E-state index contributed by atoms with van der Waals surface area (Å²) >= 11 is 3.33. The van der Waals surface area contributed by atoms with Crippen molar-refractivity contribution in [3.8, 4) is 22.9 Å². The summed E-state index contributed by atoms with van der Waals surface area (Å²) in [4.78, 5) is 19.3. The van der Waals surface area contributed by atoms with Gasteiger partial charge in [-0.15, -0.1) is 0 Å². The van der Waals surface area contributed by atoms with Gasteiger partial charge >= 0.3 is 0 Å². The van der Waals surface area contributed by atoms with Crippen molar-refractivity contribution in [2.24, 2.45) is 0 Å². The van der Waals surface area contributed by atoms with Crippen LogP contribution in [0.5, 0.6) is 11.5 Å². The second kappa shape index (κ2) is 5.52. The molecule has 2 aromatic rings. The summed E-state index contributed by atoms with van der Waals surface area (Å²) in [5.41, 5.74) is 1.11. The standard InChI is InChI=1S/C15H15BrN2O3/c16-12-13(8-3-1-2-4-8)17-14(18-15(12)21)9-5-6-10(19)11(20)7-9/h5-8,19-20H,1-4H2,(H,17,18,21). The van der Waals surface area contributed by atoms with E-state index in [1.54, 1.807) is 6.07 Å². The molecule has 0 bridgehead atoms. The number of aromatic amines is 1. The number of phenols is 2. The van der Waals surface area contributed by atoms with Crippen molar-refractivity contribution in [1.82, 2.24) is 9.97 Å². The number of benzene rings is 1. The highest BCUT2D eigenvalue weighted by atomic mass is 79.9. The Balaban J connectivity index is 2.10. The van der Waals surface area contributed by atoms with Crippen LogP contribution in [0.25, 0.3) is 11.4 Å². The number of hydrogen-bond donors (Lipinski definition) is 3. The molecule has 1 aromatic heterocycles. The van der Waals surface area contributed by atoms with Crippen molar-refractivity contribution in [3.63, 3.8) is 0 Å². The lowest BCUT2D eigenvalue weighted by Gasteiger charge is -2.12. The average molecular weight is 351 g/mol. The lowest BCUT2D eigenvalue weighted by atomic mass is 10.0. The first kappa shape index (κ1) is 14.1. The summed E-state index contributed by atoms with van der Waals surface area (Å²) in [6, 6.07) is 4.38. The molecule has 3 rings (SSSR count). The second-order valence-corrected chi connectivity index (χ2v) is 6.09. The molecule has 1 saturated carbocycles. The minimum Gasteiger partial charge on any atom is -0.504 e. The quantitative estimate of drug-likeness (QED) is 0.725. The van der Waals surface area contributed by atoms with Crippen molar-refractivity contribution in [1.29, 1.82) is 0 Å². The van der Waals surface area contributed by atoms with E-state index in [0.29, 0.717) is 21.8 Å². The van der Waals surface area contributed by atoms with Crippen LogP contribution < -0.4 is 5.56 Å². The highest BCUT2D eigenvalue weighted by Crippen LogP contribution is 2.36. The van der Waals surface area contributed by atoms with Crippen LogP contribution in [0.2, 0.25) is 0 Å². The van der Waals surface area contributed by atoms with Gasteiger partial charge in [0.25, 0.3) is 5.56 Å². The Bertz CT molecular complexity index is 736. The van der Waals surface area contributed by atoms with Crippen LogP contribution in [0, 0.1) is 0 Å². The van der Waals surface area contributed by atoms with E-state index in [-0.39, 0.29) is 17.1 Å². The first-order chi connectivity index (χ1) is 10.1. The number of hydrogen-bond acceptors (Lipinski definition) is 4. The maximum Gasteiger partial charge on any atom is 0.265 e. The number of phenolic OH excluding ortho intramolecular Hbond substituents is 2. The summed E-state index contributed by atoms with van der Waals surface area (Å²) < 4.78 is 0.487. The van der Waals surface area contributed by atoms with Crippen LogP contribution in [0.1, 0.15) is 37.3 Å². The van der Waals surface area contributed by atoms with E-state index in [1.165, 1.54) is 12.1 Å². The predicted octanol–water partition coefficient (Wildman–Crippen LogP) is 3.27. The molecule has 3 N–H and O–H groups in total. The summed E-state index contributed by atoms with van der Waals surface area (Å²) in [5, 5.41) is 19.0. The van der Waals surface area contributed by atoms with Gasteiger partial charge in [-0.2, -0.15) is 0 Å². The van der Waals surface area contributed by atoms with Crippen molar-refractivity contribution < 1.29 is 10.2 Å². The SMILES string of the molecule is O=c1[nH]c(-c2ccc(O)c(O)c2)nc(C2CCCC2)c1Br. The zero-order chi connectivity index (χ0) is 15.0. The van der Waals surface area contributed by atoms with Crippen molar-refractivity contribution in [2.45, 2.75) is 31.6 Å². The van der Waals surface area contributed by atoms with Gasteiger partial charge < -0.3 is 15.2 Å². The lowest BCUT2D eigenvalue weighted by Crippen LogP contribution is -2.15. The number of rotatable bonds is 2. The molecular weight excluding hydrogens is 336 g/mol. The number of nitrogens with one attached hydrogen (secondary N) is 1. The summed E-state index contributed by atoms with van der Waals surface area (Å²) in [6.45, 7) is 0. The Morgan fingerprint density at radius 2 is 1.90 bits per heavy atom. The Hall–Kier alpha value is -1.82. The van der Waals surface area contributed by atoms with E-state index >= 15 is 0 Å². The molecule has 0 amide bonds. The lowest BCUT2D eigenvalue weighted by molar-refractivity contribution is 0.404. The molecule has 6 heteroatoms. The van der Waals surface area contributed by atoms with E-state index in [4.69, 9.17) is 0 Å². The molecule has 21 heavy (non-hydrogen) atoms. The Morgan fingerprint density at radius 3 is 2.57 bits per heavy atom. The van der Waals surface area contributed by atoms with Crippen LogP contribution >= 0.6 is 15.9 Å². The van der Waals surface area contributed by atoms with Crippen molar-refractivity contribution in [3.05, 3.63) is 38.7 Å². The Labute approximate surface area is 129 Å². The van der Waals surface area contributed by atoms with Gasteiger partial charge in [0.2, 0.25) is 0 Å². The highest BCUT2D eigenvalue weighted by molar-refractivity contribution is 9.10. The third-order valence-corrected chi connectivity index (χ3v) is 4.65. The number of nitrogens with zero attached hydrogens (tertiary/aromatic N) is 1. The third-order valence-electron chi connectivity index (χ3n) is 3.88. The van der Waals surface area contributed by atoms with Gasteiger partial charge in [-0.3, -0.25) is 4.79 Å². The number of H-pyrrole nitrogens is 1. The molecule has 1 aliphatic carbocycles. The molecule has 1 aromatic carbocycles. The van der Waals surface area contributed by atoms with E-state index in [1.807, 2.05) is 0 Å². The molecule has 0 radical (unpaired) electrons. The Kier molecular flexibility index (Phi) is 3.71. The van der Waals surface area contributed by atoms with Gasteiger partial charge in [-0.05, 0) is 47.0 Å². The normalized spacial score (nSPS) is 15.5. The first-order valence-corrected chi connectivity index (χ1v) is 7.67. The fourth-order valence-electron chi connectivity index (χ4n) is 2.75. The van der Waals surface area contributed by atoms with Crippen molar-refractivity contribution in [2.75, 3.05) is 0 Å². The van der Waals surface area contributed by atoms with Crippen LogP contribution in [0.3, 0.4) is 0 Å².